The highest BCUT2D eigenvalue weighted by molar-refractivity contribution is 5.81. The molecule has 2 aliphatic rings. The fourth-order valence-corrected chi connectivity index (χ4v) is 2.11. The molecule has 1 saturated heterocycles. The van der Waals surface area contributed by atoms with Crippen LogP contribution in [-0.4, -0.2) is 30.4 Å². The van der Waals surface area contributed by atoms with Gasteiger partial charge in [0.2, 0.25) is 5.91 Å². The number of rotatable bonds is 1. The quantitative estimate of drug-likeness (QED) is 0.529. The van der Waals surface area contributed by atoms with Crippen LogP contribution in [-0.2, 0) is 4.79 Å². The Morgan fingerprint density at radius 3 is 2.70 bits per heavy atom. The molecule has 0 aromatic heterocycles. The van der Waals surface area contributed by atoms with E-state index < -0.39 is 0 Å². The van der Waals surface area contributed by atoms with Gasteiger partial charge in [0.05, 0.1) is 6.04 Å². The van der Waals surface area contributed by atoms with Gasteiger partial charge in [-0.05, 0) is 25.3 Å². The summed E-state index contributed by atoms with van der Waals surface area (Å²) in [5.74, 6) is 1.23. The zero-order valence-electron chi connectivity index (χ0n) is 6.08. The largest absolute Gasteiger partial charge is 0.368 e. The maximum atomic E-state index is 10.8. The van der Waals surface area contributed by atoms with Crippen molar-refractivity contribution in [3.05, 3.63) is 0 Å². The Labute approximate surface area is 60.2 Å². The van der Waals surface area contributed by atoms with Crippen molar-refractivity contribution < 1.29 is 4.79 Å². The second-order valence-electron chi connectivity index (χ2n) is 3.45. The summed E-state index contributed by atoms with van der Waals surface area (Å²) in [5.41, 5.74) is 5.22. The van der Waals surface area contributed by atoms with Crippen LogP contribution < -0.4 is 5.73 Å². The number of nitrogens with zero attached hydrogens (tertiary/aromatic N) is 1. The lowest BCUT2D eigenvalue weighted by atomic mass is 10.2. The zero-order chi connectivity index (χ0) is 7.30. The molecule has 2 N–H and O–H groups in total. The molecule has 0 radical (unpaired) electrons. The third-order valence-electron chi connectivity index (χ3n) is 2.67. The SMILES string of the molecule is CN1C[C@H]2C[C@H]2[C@H]1C(N)=O. The minimum Gasteiger partial charge on any atom is -0.368 e. The van der Waals surface area contributed by atoms with Gasteiger partial charge >= 0.3 is 0 Å². The summed E-state index contributed by atoms with van der Waals surface area (Å²) < 4.78 is 0. The highest BCUT2D eigenvalue weighted by atomic mass is 16.1. The van der Waals surface area contributed by atoms with Crippen molar-refractivity contribution in [2.75, 3.05) is 13.6 Å². The Kier molecular flexibility index (Phi) is 1.06. The number of carbonyl (C=O) groups excluding carboxylic acids is 1. The van der Waals surface area contributed by atoms with E-state index in [2.05, 4.69) is 4.90 Å². The number of primary amides is 1. The average molecular weight is 140 g/mol. The third kappa shape index (κ3) is 0.669. The first kappa shape index (κ1) is 6.16. The molecule has 10 heavy (non-hydrogen) atoms. The molecule has 1 aliphatic heterocycles. The van der Waals surface area contributed by atoms with Crippen molar-refractivity contribution >= 4 is 5.91 Å². The molecule has 56 valence electrons. The number of amides is 1. The molecule has 1 aliphatic carbocycles. The molecule has 3 nitrogen and oxygen atoms in total. The van der Waals surface area contributed by atoms with Crippen LogP contribution in [0.3, 0.4) is 0 Å². The summed E-state index contributed by atoms with van der Waals surface area (Å²) in [7, 11) is 1.97. The number of likely N-dealkylation sites (tertiary alicyclic amines) is 1. The summed E-state index contributed by atoms with van der Waals surface area (Å²) in [5, 5.41) is 0. The average Bonchev–Trinajstić information content (AvgIpc) is 2.42. The molecule has 1 amide bonds. The Balaban J connectivity index is 2.12. The van der Waals surface area contributed by atoms with Crippen LogP contribution in [0.15, 0.2) is 0 Å². The predicted octanol–water partition coefficient (Wildman–Crippen LogP) is -0.578. The fraction of sp³-hybridized carbons (Fsp3) is 0.857. The van der Waals surface area contributed by atoms with E-state index in [1.54, 1.807) is 0 Å². The molecule has 0 unspecified atom stereocenters. The topological polar surface area (TPSA) is 46.3 Å². The number of hydrogen-bond acceptors (Lipinski definition) is 2. The molecular weight excluding hydrogens is 128 g/mol. The van der Waals surface area contributed by atoms with Gasteiger partial charge in [-0.1, -0.05) is 0 Å². The van der Waals surface area contributed by atoms with Gasteiger partial charge in [-0.15, -0.1) is 0 Å². The van der Waals surface area contributed by atoms with Gasteiger partial charge in [0.25, 0.3) is 0 Å². The molecule has 2 rings (SSSR count). The maximum Gasteiger partial charge on any atom is 0.235 e. The molecule has 1 heterocycles. The highest BCUT2D eigenvalue weighted by Gasteiger charge is 2.53. The Hall–Kier alpha value is -0.570. The Morgan fingerprint density at radius 1 is 1.70 bits per heavy atom. The van der Waals surface area contributed by atoms with Gasteiger partial charge < -0.3 is 5.73 Å². The number of likely N-dealkylation sites (N-methyl/N-ethyl adjacent to an activating group) is 1. The van der Waals surface area contributed by atoms with Crippen LogP contribution in [0.1, 0.15) is 6.42 Å². The van der Waals surface area contributed by atoms with Crippen molar-refractivity contribution in [3.63, 3.8) is 0 Å². The lowest BCUT2D eigenvalue weighted by Gasteiger charge is -2.18. The number of piperidine rings is 1. The van der Waals surface area contributed by atoms with E-state index in [4.69, 9.17) is 5.73 Å². The number of carbonyl (C=O) groups is 1. The van der Waals surface area contributed by atoms with E-state index in [1.165, 1.54) is 6.42 Å². The molecule has 0 aromatic carbocycles. The molecule has 0 aromatic rings. The van der Waals surface area contributed by atoms with Gasteiger partial charge in [-0.3, -0.25) is 9.69 Å². The zero-order valence-corrected chi connectivity index (χ0v) is 6.08. The lowest BCUT2D eigenvalue weighted by molar-refractivity contribution is -0.122. The van der Waals surface area contributed by atoms with E-state index in [1.807, 2.05) is 7.05 Å². The third-order valence-corrected chi connectivity index (χ3v) is 2.67. The number of nitrogens with two attached hydrogens (primary N) is 1. The van der Waals surface area contributed by atoms with Gasteiger partial charge in [0.15, 0.2) is 0 Å². The monoisotopic (exact) mass is 140 g/mol. The van der Waals surface area contributed by atoms with Crippen molar-refractivity contribution in [2.45, 2.75) is 12.5 Å². The summed E-state index contributed by atoms with van der Waals surface area (Å²) in [4.78, 5) is 12.9. The van der Waals surface area contributed by atoms with E-state index in [0.717, 1.165) is 12.5 Å². The van der Waals surface area contributed by atoms with Crippen molar-refractivity contribution in [1.82, 2.24) is 4.90 Å². The molecule has 2 fully saturated rings. The molecule has 0 bridgehead atoms. The first-order valence-corrected chi connectivity index (χ1v) is 3.69. The Morgan fingerprint density at radius 2 is 2.40 bits per heavy atom. The molecular formula is C7H12N2O. The predicted molar refractivity (Wildman–Crippen MR) is 37.2 cm³/mol. The summed E-state index contributed by atoms with van der Waals surface area (Å²) in [6, 6.07) is 0.0463. The Bertz CT molecular complexity index is 178. The van der Waals surface area contributed by atoms with E-state index in [0.29, 0.717) is 5.92 Å². The molecule has 3 atom stereocenters. The van der Waals surface area contributed by atoms with Crippen LogP contribution in [0.5, 0.6) is 0 Å². The summed E-state index contributed by atoms with van der Waals surface area (Å²) in [6.45, 7) is 1.07. The lowest BCUT2D eigenvalue weighted by Crippen LogP contribution is -2.40. The van der Waals surface area contributed by atoms with E-state index in [-0.39, 0.29) is 11.9 Å². The standard InChI is InChI=1S/C7H12N2O/c1-9-3-4-2-5(4)6(9)7(8)10/h4-6H,2-3H2,1H3,(H2,8,10)/t4-,5-,6+/m1/s1. The number of hydrogen-bond donors (Lipinski definition) is 1. The highest BCUT2D eigenvalue weighted by Crippen LogP contribution is 2.48. The first-order chi connectivity index (χ1) is 4.70. The summed E-state index contributed by atoms with van der Waals surface area (Å²) in [6.07, 6.45) is 1.22. The number of fused-ring (bicyclic) bond motifs is 1. The molecule has 1 saturated carbocycles. The van der Waals surface area contributed by atoms with Gasteiger partial charge in [0.1, 0.15) is 0 Å². The molecule has 0 spiro atoms. The van der Waals surface area contributed by atoms with E-state index >= 15 is 0 Å². The van der Waals surface area contributed by atoms with Gasteiger partial charge in [-0.2, -0.15) is 0 Å². The second kappa shape index (κ2) is 1.72. The molecule has 3 heteroatoms. The smallest absolute Gasteiger partial charge is 0.235 e. The minimum absolute atomic E-state index is 0.0463. The van der Waals surface area contributed by atoms with Crippen molar-refractivity contribution in [2.24, 2.45) is 17.6 Å². The van der Waals surface area contributed by atoms with Crippen LogP contribution in [0.25, 0.3) is 0 Å². The minimum atomic E-state index is -0.146. The van der Waals surface area contributed by atoms with E-state index in [9.17, 15) is 4.79 Å². The summed E-state index contributed by atoms with van der Waals surface area (Å²) >= 11 is 0. The van der Waals surface area contributed by atoms with Crippen molar-refractivity contribution in [1.29, 1.82) is 0 Å². The van der Waals surface area contributed by atoms with Crippen molar-refractivity contribution in [3.8, 4) is 0 Å². The fourth-order valence-electron chi connectivity index (χ4n) is 2.11. The van der Waals surface area contributed by atoms with Crippen LogP contribution in [0.2, 0.25) is 0 Å². The van der Waals surface area contributed by atoms with Crippen LogP contribution in [0.4, 0.5) is 0 Å². The van der Waals surface area contributed by atoms with Gasteiger partial charge in [0, 0.05) is 6.54 Å². The normalized spacial score (nSPS) is 45.1. The van der Waals surface area contributed by atoms with Gasteiger partial charge in [-0.25, -0.2) is 0 Å². The van der Waals surface area contributed by atoms with Crippen LogP contribution >= 0.6 is 0 Å². The van der Waals surface area contributed by atoms with Crippen LogP contribution in [0, 0.1) is 11.8 Å². The maximum absolute atomic E-state index is 10.8. The second-order valence-corrected chi connectivity index (χ2v) is 3.45. The first-order valence-electron chi connectivity index (χ1n) is 3.69.